The van der Waals surface area contributed by atoms with Crippen LogP contribution < -0.4 is 20.2 Å². The molecule has 1 N–H and O–H groups in total. The van der Waals surface area contributed by atoms with Gasteiger partial charge in [-0.1, -0.05) is 35.5 Å². The third-order valence-electron chi connectivity index (χ3n) is 9.39. The van der Waals surface area contributed by atoms with E-state index in [1.807, 2.05) is 72.3 Å². The monoisotopic (exact) mass is 732 g/mol. The smallest absolute Gasteiger partial charge is 0.350 e. The molecule has 268 valence electrons. The number of aliphatic hydroxyl groups is 1. The lowest BCUT2D eigenvalue weighted by Gasteiger charge is -2.37. The summed E-state index contributed by atoms with van der Waals surface area (Å²) in [6.45, 7) is 7.63. The Balaban J connectivity index is 0.912. The zero-order valence-electron chi connectivity index (χ0n) is 28.7. The van der Waals surface area contributed by atoms with Gasteiger partial charge in [0.2, 0.25) is 5.79 Å². The molecule has 0 saturated carbocycles. The van der Waals surface area contributed by atoms with E-state index in [1.165, 1.54) is 27.3 Å². The Kier molecular flexibility index (Phi) is 10.4. The van der Waals surface area contributed by atoms with Gasteiger partial charge < -0.3 is 33.7 Å². The fraction of sp³-hybridized carbons (Fsp3) is 0.389. The summed E-state index contributed by atoms with van der Waals surface area (Å²) in [5.41, 5.74) is 3.59. The third-order valence-corrected chi connectivity index (χ3v) is 10.8. The molecule has 2 fully saturated rings. The summed E-state index contributed by atoms with van der Waals surface area (Å²) in [6.07, 6.45) is 2.23. The third kappa shape index (κ3) is 7.65. The number of hydrogen-bond acceptors (Lipinski definition) is 11. The van der Waals surface area contributed by atoms with Crippen molar-refractivity contribution < 1.29 is 19.3 Å². The van der Waals surface area contributed by atoms with E-state index in [9.17, 15) is 9.90 Å². The van der Waals surface area contributed by atoms with E-state index in [-0.39, 0.29) is 11.8 Å². The van der Waals surface area contributed by atoms with Gasteiger partial charge in [0.1, 0.15) is 31.1 Å². The molecule has 4 heterocycles. The van der Waals surface area contributed by atoms with Crippen LogP contribution in [0.15, 0.2) is 95.4 Å². The van der Waals surface area contributed by atoms with Crippen LogP contribution in [0, 0.1) is 0 Å². The van der Waals surface area contributed by atoms with Crippen LogP contribution in [-0.2, 0) is 22.3 Å². The Morgan fingerprint density at radius 3 is 2.18 bits per heavy atom. The fourth-order valence-corrected chi connectivity index (χ4v) is 7.31. The average molecular weight is 733 g/mol. The molecule has 0 bridgehead atoms. The van der Waals surface area contributed by atoms with Crippen LogP contribution in [0.5, 0.6) is 5.75 Å². The quantitative estimate of drug-likeness (QED) is 0.182. The minimum atomic E-state index is -0.967. The van der Waals surface area contributed by atoms with Gasteiger partial charge in [-0.15, -0.1) is 10.2 Å². The van der Waals surface area contributed by atoms with Gasteiger partial charge in [-0.05, 0) is 74.5 Å². The van der Waals surface area contributed by atoms with Crippen molar-refractivity contribution in [1.82, 2.24) is 29.1 Å². The van der Waals surface area contributed by atoms with Gasteiger partial charge in [-0.3, -0.25) is 0 Å². The zero-order chi connectivity index (χ0) is 35.5. The van der Waals surface area contributed by atoms with E-state index < -0.39 is 17.9 Å². The van der Waals surface area contributed by atoms with Crippen molar-refractivity contribution in [2.24, 2.45) is 7.05 Å². The predicted octanol–water partition coefficient (Wildman–Crippen LogP) is 4.52. The van der Waals surface area contributed by atoms with E-state index >= 15 is 0 Å². The summed E-state index contributed by atoms with van der Waals surface area (Å²) in [7, 11) is 1.91. The lowest BCUT2D eigenvalue weighted by molar-refractivity contribution is -0.160. The second-order valence-electron chi connectivity index (χ2n) is 12.8. The number of aryl methyl sites for hydroxylation is 1. The Bertz CT molecular complexity index is 1960. The van der Waals surface area contributed by atoms with Gasteiger partial charge in [-0.2, -0.15) is 5.10 Å². The lowest BCUT2D eigenvalue weighted by atomic mass is 10.1. The van der Waals surface area contributed by atoms with Gasteiger partial charge in [-0.25, -0.2) is 14.0 Å². The highest BCUT2D eigenvalue weighted by atomic mass is 35.5. The van der Waals surface area contributed by atoms with Gasteiger partial charge in [0.05, 0.1) is 30.2 Å². The molecular weight excluding hydrogens is 692 g/mol. The van der Waals surface area contributed by atoms with Gasteiger partial charge in [0.25, 0.3) is 0 Å². The Hall–Kier alpha value is -4.34. The van der Waals surface area contributed by atoms with Crippen molar-refractivity contribution in [2.45, 2.75) is 43.0 Å². The predicted molar refractivity (Wildman–Crippen MR) is 196 cm³/mol. The second kappa shape index (κ2) is 15.1. The molecule has 5 aromatic rings. The minimum Gasteiger partial charge on any atom is -0.491 e. The summed E-state index contributed by atoms with van der Waals surface area (Å²) in [5.74, 6) is 0.290. The van der Waals surface area contributed by atoms with Crippen LogP contribution in [0.25, 0.3) is 5.69 Å². The van der Waals surface area contributed by atoms with E-state index in [2.05, 4.69) is 37.2 Å². The first kappa shape index (κ1) is 35.1. The molecule has 0 radical (unpaired) electrons. The fourth-order valence-electron chi connectivity index (χ4n) is 6.19. The number of benzene rings is 3. The molecule has 3 aromatic carbocycles. The molecule has 0 spiro atoms. The second-order valence-corrected chi connectivity index (χ2v) is 14.2. The van der Waals surface area contributed by atoms with Crippen LogP contribution in [0.2, 0.25) is 5.02 Å². The normalized spacial score (nSPS) is 20.5. The number of halogens is 1. The maximum absolute atomic E-state index is 12.8. The van der Waals surface area contributed by atoms with Crippen molar-refractivity contribution in [3.63, 3.8) is 0 Å². The summed E-state index contributed by atoms with van der Waals surface area (Å²) < 4.78 is 23.7. The molecule has 15 heteroatoms. The largest absolute Gasteiger partial charge is 0.491 e. The Labute approximate surface area is 305 Å². The summed E-state index contributed by atoms with van der Waals surface area (Å²) >= 11 is 7.69. The Morgan fingerprint density at radius 1 is 0.941 bits per heavy atom. The number of rotatable bonds is 12. The van der Waals surface area contributed by atoms with Crippen molar-refractivity contribution in [2.75, 3.05) is 54.9 Å². The van der Waals surface area contributed by atoms with Crippen molar-refractivity contribution >= 4 is 34.7 Å². The molecule has 51 heavy (non-hydrogen) atoms. The molecule has 2 saturated heterocycles. The highest BCUT2D eigenvalue weighted by molar-refractivity contribution is 7.99. The number of piperazine rings is 1. The first-order valence-electron chi connectivity index (χ1n) is 16.9. The minimum absolute atomic E-state index is 0.264. The molecule has 4 atom stereocenters. The highest BCUT2D eigenvalue weighted by Crippen LogP contribution is 2.39. The van der Waals surface area contributed by atoms with Crippen LogP contribution in [0.4, 0.5) is 11.4 Å². The summed E-state index contributed by atoms with van der Waals surface area (Å²) in [6, 6.07) is 23.3. The van der Waals surface area contributed by atoms with E-state index in [1.54, 1.807) is 20.2 Å². The van der Waals surface area contributed by atoms with Crippen molar-refractivity contribution in [1.29, 1.82) is 0 Å². The average Bonchev–Trinajstić information content (AvgIpc) is 3.88. The summed E-state index contributed by atoms with van der Waals surface area (Å²) in [5, 5.41) is 23.7. The number of aromatic nitrogens is 6. The number of aliphatic hydroxyl groups excluding tert-OH is 1. The van der Waals surface area contributed by atoms with E-state index in [4.69, 9.17) is 25.8 Å². The maximum Gasteiger partial charge on any atom is 0.350 e. The van der Waals surface area contributed by atoms with Crippen LogP contribution in [-0.4, -0.2) is 91.6 Å². The molecule has 4 unspecified atom stereocenters. The van der Waals surface area contributed by atoms with Crippen molar-refractivity contribution in [3.8, 4) is 11.4 Å². The molecule has 2 aromatic heterocycles. The molecular formula is C36H41ClN8O5S. The number of thioether (sulfide) groups is 1. The van der Waals surface area contributed by atoms with Crippen LogP contribution >= 0.6 is 23.4 Å². The number of hydrogen-bond donors (Lipinski definition) is 1. The van der Waals surface area contributed by atoms with Crippen LogP contribution in [0.3, 0.4) is 0 Å². The molecule has 2 aliphatic heterocycles. The van der Waals surface area contributed by atoms with E-state index in [0.29, 0.717) is 24.0 Å². The topological polar surface area (TPSA) is 125 Å². The number of nitrogens with zero attached hydrogens (tertiary/aromatic N) is 8. The lowest BCUT2D eigenvalue weighted by Crippen LogP contribution is -2.46. The zero-order valence-corrected chi connectivity index (χ0v) is 30.3. The molecule has 13 nitrogen and oxygen atoms in total. The van der Waals surface area contributed by atoms with Gasteiger partial charge >= 0.3 is 5.69 Å². The first-order valence-corrected chi connectivity index (χ1v) is 18.3. The number of ether oxygens (including phenoxy) is 3. The highest BCUT2D eigenvalue weighted by Gasteiger charge is 2.44. The standard InChI is InChI=1S/C36H41ClN8O5S/c1-25(26(2)46)45-35(47)44(24-39-45)31-10-8-29(9-11-31)42-16-18-43(19-17-42)30-12-14-32(15-13-30)48-20-33-21-49-36(50-33,27-4-6-28(37)7-5-27)22-51-34-40-38-23-41(34)3/h4-15,23-26,33,46H,16-22H2,1-3H3. The molecule has 0 aliphatic carbocycles. The van der Waals surface area contributed by atoms with Crippen LogP contribution in [0.1, 0.15) is 25.5 Å². The van der Waals surface area contributed by atoms with Crippen molar-refractivity contribution in [3.05, 3.63) is 107 Å². The molecule has 0 amide bonds. The van der Waals surface area contributed by atoms with Gasteiger partial charge in [0, 0.05) is 55.2 Å². The first-order chi connectivity index (χ1) is 24.7. The molecule has 7 rings (SSSR count). The SMILES string of the molecule is CC(O)C(C)n1ncn(-c2ccc(N3CCN(c4ccc(OCC5COC(CSc6nncn6C)(c6ccc(Cl)cc6)O5)cc4)CC3)cc2)c1=O. The molecule has 2 aliphatic rings. The summed E-state index contributed by atoms with van der Waals surface area (Å²) in [4.78, 5) is 17.6. The maximum atomic E-state index is 12.8. The number of anilines is 2. The Morgan fingerprint density at radius 2 is 1.57 bits per heavy atom. The van der Waals surface area contributed by atoms with E-state index in [0.717, 1.165) is 59.7 Å². The van der Waals surface area contributed by atoms with Gasteiger partial charge in [0.15, 0.2) is 5.16 Å².